The first-order valence-electron chi connectivity index (χ1n) is 7.16. The lowest BCUT2D eigenvalue weighted by Gasteiger charge is -2.37. The Balaban J connectivity index is 3.20. The van der Waals surface area contributed by atoms with E-state index in [1.807, 2.05) is 12.4 Å². The van der Waals surface area contributed by atoms with Gasteiger partial charge in [-0.3, -0.25) is 0 Å². The van der Waals surface area contributed by atoms with Gasteiger partial charge in [0.1, 0.15) is 5.82 Å². The second-order valence-corrected chi connectivity index (χ2v) is 19.9. The molecule has 1 aromatic rings. The number of rotatable bonds is 3. The molecule has 0 fully saturated rings. The Bertz CT molecular complexity index is 405. The minimum Gasteiger partial charge on any atom is -0.241 e. The van der Waals surface area contributed by atoms with Crippen LogP contribution in [-0.2, 0) is 5.41 Å². The molecule has 108 valence electrons. The van der Waals surface area contributed by atoms with Crippen molar-refractivity contribution in [3.63, 3.8) is 0 Å². The van der Waals surface area contributed by atoms with Crippen LogP contribution in [0.2, 0.25) is 39.3 Å². The standard InChI is InChI=1S/C15H30N2Si2/c1-15(2,3)12-10-16-13(17-11-12)14(18(4,5)6)19(7,8)9/h10-11,14H,1-9H3. The van der Waals surface area contributed by atoms with Crippen LogP contribution in [0.1, 0.15) is 37.3 Å². The van der Waals surface area contributed by atoms with Crippen LogP contribution < -0.4 is 0 Å². The normalized spacial score (nSPS) is 14.0. The summed E-state index contributed by atoms with van der Waals surface area (Å²) in [6, 6.07) is 0. The first-order chi connectivity index (χ1) is 8.33. The summed E-state index contributed by atoms with van der Waals surface area (Å²) in [5.41, 5.74) is 1.35. The maximum Gasteiger partial charge on any atom is 0.125 e. The van der Waals surface area contributed by atoms with Crippen LogP contribution in [0.15, 0.2) is 12.4 Å². The Kier molecular flexibility index (Phi) is 4.47. The Labute approximate surface area is 121 Å². The molecule has 0 aliphatic heterocycles. The predicted molar refractivity (Wildman–Crippen MR) is 90.2 cm³/mol. The summed E-state index contributed by atoms with van der Waals surface area (Å²) in [7, 11) is -2.58. The van der Waals surface area contributed by atoms with Gasteiger partial charge in [-0.1, -0.05) is 60.1 Å². The quantitative estimate of drug-likeness (QED) is 0.761. The minimum atomic E-state index is -1.29. The topological polar surface area (TPSA) is 25.8 Å². The first-order valence-corrected chi connectivity index (χ1v) is 14.3. The molecule has 0 aromatic carbocycles. The van der Waals surface area contributed by atoms with E-state index in [0.717, 1.165) is 5.82 Å². The molecule has 1 heterocycles. The molecule has 0 spiro atoms. The van der Waals surface area contributed by atoms with Crippen molar-refractivity contribution in [1.29, 1.82) is 0 Å². The molecule has 2 nitrogen and oxygen atoms in total. The van der Waals surface area contributed by atoms with Crippen molar-refractivity contribution in [3.05, 3.63) is 23.8 Å². The summed E-state index contributed by atoms with van der Waals surface area (Å²) < 4.78 is 0. The fourth-order valence-electron chi connectivity index (χ4n) is 2.95. The lowest BCUT2D eigenvalue weighted by Crippen LogP contribution is -2.47. The summed E-state index contributed by atoms with van der Waals surface area (Å²) >= 11 is 0. The number of aromatic nitrogens is 2. The van der Waals surface area contributed by atoms with Crippen LogP contribution >= 0.6 is 0 Å². The maximum absolute atomic E-state index is 4.74. The monoisotopic (exact) mass is 294 g/mol. The molecule has 0 amide bonds. The van der Waals surface area contributed by atoms with Gasteiger partial charge >= 0.3 is 0 Å². The van der Waals surface area contributed by atoms with Crippen molar-refractivity contribution in [3.8, 4) is 0 Å². The highest BCUT2D eigenvalue weighted by molar-refractivity contribution is 6.96. The minimum absolute atomic E-state index is 0.131. The van der Waals surface area contributed by atoms with E-state index in [0.29, 0.717) is 5.16 Å². The Morgan fingerprint density at radius 1 is 0.842 bits per heavy atom. The molecule has 0 radical (unpaired) electrons. The van der Waals surface area contributed by atoms with Crippen molar-refractivity contribution < 1.29 is 0 Å². The Morgan fingerprint density at radius 2 is 1.21 bits per heavy atom. The van der Waals surface area contributed by atoms with E-state index in [1.54, 1.807) is 0 Å². The van der Waals surface area contributed by atoms with E-state index in [4.69, 9.17) is 9.97 Å². The van der Waals surface area contributed by atoms with Crippen LogP contribution in [0.4, 0.5) is 0 Å². The molecular weight excluding hydrogens is 264 g/mol. The third-order valence-electron chi connectivity index (χ3n) is 3.53. The third-order valence-corrected chi connectivity index (χ3v) is 12.7. The van der Waals surface area contributed by atoms with Crippen molar-refractivity contribution in [2.75, 3.05) is 0 Å². The number of nitrogens with zero attached hydrogens (tertiary/aromatic N) is 2. The summed E-state index contributed by atoms with van der Waals surface area (Å²) in [4.78, 5) is 9.47. The van der Waals surface area contributed by atoms with Gasteiger partial charge in [0, 0.05) is 17.6 Å². The molecule has 1 aromatic heterocycles. The molecule has 0 unspecified atom stereocenters. The largest absolute Gasteiger partial charge is 0.241 e. The highest BCUT2D eigenvalue weighted by atomic mass is 28.4. The van der Waals surface area contributed by atoms with Crippen LogP contribution in [0.25, 0.3) is 0 Å². The average molecular weight is 295 g/mol. The van der Waals surface area contributed by atoms with Crippen LogP contribution in [0.3, 0.4) is 0 Å². The zero-order chi connectivity index (χ0) is 15.1. The van der Waals surface area contributed by atoms with E-state index in [1.165, 1.54) is 5.56 Å². The van der Waals surface area contributed by atoms with Crippen molar-refractivity contribution in [2.45, 2.75) is 70.6 Å². The molecule has 0 saturated carbocycles. The zero-order valence-corrected chi connectivity index (χ0v) is 16.1. The highest BCUT2D eigenvalue weighted by Gasteiger charge is 2.40. The Hall–Kier alpha value is -0.486. The van der Waals surface area contributed by atoms with Gasteiger partial charge in [-0.25, -0.2) is 9.97 Å². The fourth-order valence-corrected chi connectivity index (χ4v) is 15.2. The van der Waals surface area contributed by atoms with Gasteiger partial charge < -0.3 is 0 Å². The van der Waals surface area contributed by atoms with Gasteiger partial charge in [0.2, 0.25) is 0 Å². The van der Waals surface area contributed by atoms with E-state index in [9.17, 15) is 0 Å². The van der Waals surface area contributed by atoms with E-state index < -0.39 is 16.1 Å². The van der Waals surface area contributed by atoms with Gasteiger partial charge in [0.05, 0.1) is 16.1 Å². The number of hydrogen-bond donors (Lipinski definition) is 0. The lowest BCUT2D eigenvalue weighted by atomic mass is 9.89. The van der Waals surface area contributed by atoms with Gasteiger partial charge in [0.25, 0.3) is 0 Å². The van der Waals surface area contributed by atoms with Crippen molar-refractivity contribution in [2.24, 2.45) is 0 Å². The van der Waals surface area contributed by atoms with Gasteiger partial charge in [-0.05, 0) is 11.0 Å². The molecule has 19 heavy (non-hydrogen) atoms. The molecule has 0 saturated heterocycles. The smallest absolute Gasteiger partial charge is 0.125 e. The zero-order valence-electron chi connectivity index (χ0n) is 14.1. The van der Waals surface area contributed by atoms with Crippen LogP contribution in [0, 0.1) is 0 Å². The van der Waals surface area contributed by atoms with E-state index in [2.05, 4.69) is 60.1 Å². The molecule has 0 bridgehead atoms. The fraction of sp³-hybridized carbons (Fsp3) is 0.733. The first kappa shape index (κ1) is 16.6. The molecule has 0 aliphatic carbocycles. The molecular formula is C15H30N2Si2. The third kappa shape index (κ3) is 4.24. The van der Waals surface area contributed by atoms with Gasteiger partial charge in [-0.15, -0.1) is 0 Å². The van der Waals surface area contributed by atoms with Crippen molar-refractivity contribution in [1.82, 2.24) is 9.97 Å². The molecule has 0 aliphatic rings. The maximum atomic E-state index is 4.74. The van der Waals surface area contributed by atoms with Gasteiger partial charge in [-0.2, -0.15) is 0 Å². The molecule has 0 N–H and O–H groups in total. The van der Waals surface area contributed by atoms with E-state index in [-0.39, 0.29) is 5.41 Å². The number of hydrogen-bond acceptors (Lipinski definition) is 2. The van der Waals surface area contributed by atoms with E-state index >= 15 is 0 Å². The van der Waals surface area contributed by atoms with Gasteiger partial charge in [0.15, 0.2) is 0 Å². The molecule has 4 heteroatoms. The summed E-state index contributed by atoms with van der Waals surface area (Å²) in [6.07, 6.45) is 4.07. The summed E-state index contributed by atoms with van der Waals surface area (Å²) in [6.45, 7) is 21.3. The molecule has 0 atom stereocenters. The molecule has 1 rings (SSSR count). The highest BCUT2D eigenvalue weighted by Crippen LogP contribution is 2.34. The second-order valence-electron chi connectivity index (χ2n) is 8.75. The predicted octanol–water partition coefficient (Wildman–Crippen LogP) is 4.61. The second kappa shape index (κ2) is 5.13. The SMILES string of the molecule is CC(C)(C)c1cnc(C([Si](C)(C)C)[Si](C)(C)C)nc1. The summed E-state index contributed by atoms with van der Waals surface area (Å²) in [5.74, 6) is 1.09. The van der Waals surface area contributed by atoms with Crippen molar-refractivity contribution >= 4 is 16.1 Å². The van der Waals surface area contributed by atoms with Crippen LogP contribution in [-0.4, -0.2) is 26.1 Å². The van der Waals surface area contributed by atoms with Crippen LogP contribution in [0.5, 0.6) is 0 Å². The Morgan fingerprint density at radius 3 is 1.47 bits per heavy atom. The average Bonchev–Trinajstić information content (AvgIpc) is 2.12. The summed E-state index contributed by atoms with van der Waals surface area (Å²) in [5, 5.41) is 0.619. The lowest BCUT2D eigenvalue weighted by molar-refractivity contribution is 0.582.